The van der Waals surface area contributed by atoms with Gasteiger partial charge in [0.2, 0.25) is 5.91 Å². The standard InChI is InChI=1S/C10H15NO6S/c1-6(12)11-5-10(17-7(2)13)18-9(16)4-3-8(14)15/h10H,3-5H2,1-2H3,(H,11,12)(H,14,15). The number of carboxylic acid groups (broad SMARTS) is 1. The average molecular weight is 277 g/mol. The minimum absolute atomic E-state index is 0.00160. The first-order valence-corrected chi connectivity index (χ1v) is 6.02. The summed E-state index contributed by atoms with van der Waals surface area (Å²) in [6.45, 7) is 2.48. The van der Waals surface area contributed by atoms with Crippen molar-refractivity contribution in [2.24, 2.45) is 0 Å². The molecular weight excluding hydrogens is 262 g/mol. The number of rotatable bonds is 7. The van der Waals surface area contributed by atoms with Gasteiger partial charge < -0.3 is 15.2 Å². The third kappa shape index (κ3) is 9.64. The molecule has 0 aromatic heterocycles. The van der Waals surface area contributed by atoms with Crippen molar-refractivity contribution in [1.82, 2.24) is 5.32 Å². The van der Waals surface area contributed by atoms with Gasteiger partial charge in [0, 0.05) is 20.3 Å². The van der Waals surface area contributed by atoms with Crippen molar-refractivity contribution in [1.29, 1.82) is 0 Å². The Morgan fingerprint density at radius 1 is 1.22 bits per heavy atom. The number of aliphatic carboxylic acids is 1. The molecule has 1 amide bonds. The first-order valence-electron chi connectivity index (χ1n) is 5.14. The quantitative estimate of drug-likeness (QED) is 0.503. The highest BCUT2D eigenvalue weighted by Crippen LogP contribution is 2.16. The van der Waals surface area contributed by atoms with Crippen LogP contribution in [-0.4, -0.2) is 40.0 Å². The molecular formula is C10H15NO6S. The molecule has 1 unspecified atom stereocenters. The number of thioether (sulfide) groups is 1. The Kier molecular flexibility index (Phi) is 7.77. The maximum atomic E-state index is 11.4. The first-order chi connectivity index (χ1) is 8.31. The van der Waals surface area contributed by atoms with Crippen LogP contribution in [0.3, 0.4) is 0 Å². The lowest BCUT2D eigenvalue weighted by molar-refractivity contribution is -0.143. The molecule has 0 aliphatic rings. The van der Waals surface area contributed by atoms with E-state index in [1.807, 2.05) is 0 Å². The van der Waals surface area contributed by atoms with Gasteiger partial charge in [0.05, 0.1) is 13.0 Å². The van der Waals surface area contributed by atoms with Crippen LogP contribution in [0.4, 0.5) is 0 Å². The highest BCUT2D eigenvalue weighted by Gasteiger charge is 2.18. The van der Waals surface area contributed by atoms with E-state index in [2.05, 4.69) is 5.32 Å². The molecule has 0 saturated carbocycles. The second kappa shape index (κ2) is 8.51. The molecule has 0 aliphatic carbocycles. The minimum atomic E-state index is -1.07. The number of carbonyl (C=O) groups is 4. The Hall–Kier alpha value is -1.57. The monoisotopic (exact) mass is 277 g/mol. The van der Waals surface area contributed by atoms with Gasteiger partial charge in [0.25, 0.3) is 0 Å². The van der Waals surface area contributed by atoms with Crippen molar-refractivity contribution in [2.45, 2.75) is 32.1 Å². The van der Waals surface area contributed by atoms with Crippen LogP contribution in [0.2, 0.25) is 0 Å². The van der Waals surface area contributed by atoms with E-state index >= 15 is 0 Å². The molecule has 102 valence electrons. The molecule has 0 aliphatic heterocycles. The van der Waals surface area contributed by atoms with E-state index in [0.717, 1.165) is 0 Å². The van der Waals surface area contributed by atoms with Crippen LogP contribution in [0, 0.1) is 0 Å². The summed E-state index contributed by atoms with van der Waals surface area (Å²) in [5.41, 5.74) is -0.840. The van der Waals surface area contributed by atoms with Gasteiger partial charge in [-0.25, -0.2) is 0 Å². The smallest absolute Gasteiger partial charge is 0.303 e. The second-order valence-electron chi connectivity index (χ2n) is 3.36. The van der Waals surface area contributed by atoms with E-state index in [1.165, 1.54) is 13.8 Å². The van der Waals surface area contributed by atoms with Crippen molar-refractivity contribution < 1.29 is 29.0 Å². The first kappa shape index (κ1) is 16.4. The number of carboxylic acids is 1. The number of nitrogens with one attached hydrogen (secondary N) is 1. The van der Waals surface area contributed by atoms with Crippen molar-refractivity contribution in [3.63, 3.8) is 0 Å². The number of hydrogen-bond acceptors (Lipinski definition) is 6. The summed E-state index contributed by atoms with van der Waals surface area (Å²) in [6.07, 6.45) is -0.434. The zero-order valence-electron chi connectivity index (χ0n) is 10.1. The highest BCUT2D eigenvalue weighted by atomic mass is 32.2. The van der Waals surface area contributed by atoms with E-state index in [9.17, 15) is 19.2 Å². The van der Waals surface area contributed by atoms with Crippen LogP contribution in [-0.2, 0) is 23.9 Å². The van der Waals surface area contributed by atoms with Crippen molar-refractivity contribution >= 4 is 34.7 Å². The third-order valence-corrected chi connectivity index (χ3v) is 2.61. The van der Waals surface area contributed by atoms with Gasteiger partial charge >= 0.3 is 11.9 Å². The van der Waals surface area contributed by atoms with Gasteiger partial charge in [-0.3, -0.25) is 19.2 Å². The molecule has 0 saturated heterocycles. The number of ether oxygens (including phenoxy) is 1. The number of amides is 1. The molecule has 0 fully saturated rings. The molecule has 0 heterocycles. The number of carbonyl (C=O) groups excluding carboxylic acids is 3. The molecule has 7 nitrogen and oxygen atoms in total. The third-order valence-electron chi connectivity index (χ3n) is 1.62. The summed E-state index contributed by atoms with van der Waals surface area (Å²) in [7, 11) is 0. The van der Waals surface area contributed by atoms with E-state index in [1.54, 1.807) is 0 Å². The fourth-order valence-electron chi connectivity index (χ4n) is 0.934. The molecule has 0 rings (SSSR count). The van der Waals surface area contributed by atoms with E-state index < -0.39 is 22.5 Å². The van der Waals surface area contributed by atoms with Gasteiger partial charge in [-0.2, -0.15) is 0 Å². The molecule has 0 aromatic carbocycles. The molecule has 0 bridgehead atoms. The van der Waals surface area contributed by atoms with Gasteiger partial charge in [0.1, 0.15) is 0 Å². The Balaban J connectivity index is 4.20. The van der Waals surface area contributed by atoms with E-state index in [4.69, 9.17) is 9.84 Å². The average Bonchev–Trinajstić information content (AvgIpc) is 2.22. The van der Waals surface area contributed by atoms with E-state index in [0.29, 0.717) is 11.8 Å². The lowest BCUT2D eigenvalue weighted by Gasteiger charge is -2.15. The predicted molar refractivity (Wildman–Crippen MR) is 63.7 cm³/mol. The normalized spacial score (nSPS) is 11.4. The van der Waals surface area contributed by atoms with E-state index in [-0.39, 0.29) is 25.3 Å². The van der Waals surface area contributed by atoms with Crippen molar-refractivity contribution in [2.75, 3.05) is 6.54 Å². The van der Waals surface area contributed by atoms with Crippen LogP contribution in [0.5, 0.6) is 0 Å². The summed E-state index contributed by atoms with van der Waals surface area (Å²) in [4.78, 5) is 43.2. The Labute approximate surface area is 108 Å². The van der Waals surface area contributed by atoms with Crippen molar-refractivity contribution in [3.05, 3.63) is 0 Å². The van der Waals surface area contributed by atoms with Gasteiger partial charge in [0.15, 0.2) is 10.6 Å². The Morgan fingerprint density at radius 2 is 1.83 bits per heavy atom. The van der Waals surface area contributed by atoms with Gasteiger partial charge in [-0.05, 0) is 11.8 Å². The lowest BCUT2D eigenvalue weighted by Crippen LogP contribution is -2.32. The fourth-order valence-corrected chi connectivity index (χ4v) is 1.80. The summed E-state index contributed by atoms with van der Waals surface area (Å²) in [5, 5.41) is 10.4. The highest BCUT2D eigenvalue weighted by molar-refractivity contribution is 8.14. The Morgan fingerprint density at radius 3 is 2.28 bits per heavy atom. The zero-order chi connectivity index (χ0) is 14.1. The van der Waals surface area contributed by atoms with Crippen LogP contribution in [0.15, 0.2) is 0 Å². The minimum Gasteiger partial charge on any atom is -0.481 e. The van der Waals surface area contributed by atoms with Crippen LogP contribution >= 0.6 is 11.8 Å². The second-order valence-corrected chi connectivity index (χ2v) is 4.58. The summed E-state index contributed by atoms with van der Waals surface area (Å²) in [5.74, 6) is -1.97. The molecule has 2 N–H and O–H groups in total. The van der Waals surface area contributed by atoms with Crippen LogP contribution < -0.4 is 5.32 Å². The maximum absolute atomic E-state index is 11.4. The van der Waals surface area contributed by atoms with Gasteiger partial charge in [-0.15, -0.1) is 0 Å². The molecule has 1 atom stereocenters. The zero-order valence-corrected chi connectivity index (χ0v) is 10.9. The summed E-state index contributed by atoms with van der Waals surface area (Å²) in [6, 6.07) is 0. The van der Waals surface area contributed by atoms with Crippen molar-refractivity contribution in [3.8, 4) is 0 Å². The number of hydrogen-bond donors (Lipinski definition) is 2. The largest absolute Gasteiger partial charge is 0.481 e. The number of esters is 1. The fraction of sp³-hybridized carbons (Fsp3) is 0.600. The van der Waals surface area contributed by atoms with Gasteiger partial charge in [-0.1, -0.05) is 0 Å². The molecule has 0 spiro atoms. The van der Waals surface area contributed by atoms with Crippen LogP contribution in [0.25, 0.3) is 0 Å². The SMILES string of the molecule is CC(=O)NCC(OC(C)=O)SC(=O)CCC(=O)O. The molecule has 18 heavy (non-hydrogen) atoms. The molecule has 0 radical (unpaired) electrons. The van der Waals surface area contributed by atoms with Crippen LogP contribution in [0.1, 0.15) is 26.7 Å². The summed E-state index contributed by atoms with van der Waals surface area (Å²) >= 11 is 0.697. The lowest BCUT2D eigenvalue weighted by atomic mass is 10.3. The topological polar surface area (TPSA) is 110 Å². The summed E-state index contributed by atoms with van der Waals surface area (Å²) < 4.78 is 4.82. The maximum Gasteiger partial charge on any atom is 0.303 e. The molecule has 8 heteroatoms. The Bertz CT molecular complexity index is 343. The predicted octanol–water partition coefficient (Wildman–Crippen LogP) is 0.136. The molecule has 0 aromatic rings.